The van der Waals surface area contributed by atoms with Crippen LogP contribution in [0.3, 0.4) is 0 Å². The van der Waals surface area contributed by atoms with Crippen LogP contribution in [0, 0.1) is 5.92 Å². The van der Waals surface area contributed by atoms with Gasteiger partial charge in [-0.15, -0.1) is 0 Å². The van der Waals surface area contributed by atoms with Crippen LogP contribution >= 0.6 is 11.6 Å². The summed E-state index contributed by atoms with van der Waals surface area (Å²) in [6.07, 6.45) is -4.72. The Morgan fingerprint density at radius 1 is 1.00 bits per heavy atom. The lowest BCUT2D eigenvalue weighted by molar-refractivity contribution is -0.137. The van der Waals surface area contributed by atoms with E-state index < -0.39 is 39.1 Å². The third kappa shape index (κ3) is 6.72. The summed E-state index contributed by atoms with van der Waals surface area (Å²) in [4.78, 5) is 12.7. The van der Waals surface area contributed by atoms with Gasteiger partial charge in [-0.25, -0.2) is 13.1 Å². The molecule has 0 atom stereocenters. The van der Waals surface area contributed by atoms with E-state index >= 15 is 0 Å². The molecule has 0 aliphatic heterocycles. The Balaban J connectivity index is 1.67. The molecule has 0 unspecified atom stereocenters. The molecule has 1 heterocycles. The van der Waals surface area contributed by atoms with Crippen LogP contribution in [-0.2, 0) is 21.0 Å². The van der Waals surface area contributed by atoms with E-state index in [2.05, 4.69) is 10.4 Å². The Labute approximate surface area is 235 Å². The van der Waals surface area contributed by atoms with E-state index in [1.807, 2.05) is 30.3 Å². The summed E-state index contributed by atoms with van der Waals surface area (Å²) in [6, 6.07) is 21.2. The third-order valence-corrected chi connectivity index (χ3v) is 7.94. The molecule has 0 saturated heterocycles. The Bertz CT molecular complexity index is 1610. The highest BCUT2D eigenvalue weighted by molar-refractivity contribution is 7.89. The van der Waals surface area contributed by atoms with E-state index in [4.69, 9.17) is 11.6 Å². The number of para-hydroxylation sites is 1. The third-order valence-electron chi connectivity index (χ3n) is 5.81. The maximum Gasteiger partial charge on any atom is 0.416 e. The number of aromatic nitrogens is 2. The first kappa shape index (κ1) is 29.3. The van der Waals surface area contributed by atoms with Crippen LogP contribution in [-0.4, -0.2) is 41.5 Å². The van der Waals surface area contributed by atoms with Crippen LogP contribution in [0.4, 0.5) is 19.0 Å². The second-order valence-electron chi connectivity index (χ2n) is 9.41. The highest BCUT2D eigenvalue weighted by atomic mass is 35.5. The van der Waals surface area contributed by atoms with Crippen molar-refractivity contribution >= 4 is 33.3 Å². The topological polar surface area (TPSA) is 84.3 Å². The summed E-state index contributed by atoms with van der Waals surface area (Å²) in [5.41, 5.74) is 0.695. The molecule has 12 heteroatoms. The van der Waals surface area contributed by atoms with Crippen molar-refractivity contribution in [1.29, 1.82) is 0 Å². The summed E-state index contributed by atoms with van der Waals surface area (Å²) < 4.78 is 68.9. The van der Waals surface area contributed by atoms with E-state index in [0.717, 1.165) is 28.1 Å². The van der Waals surface area contributed by atoms with Crippen molar-refractivity contribution in [3.05, 3.63) is 95.5 Å². The number of sulfonamides is 1. The number of alkyl halides is 3. The molecule has 0 bridgehead atoms. The van der Waals surface area contributed by atoms with Gasteiger partial charge in [0.15, 0.2) is 0 Å². The number of rotatable bonds is 9. The summed E-state index contributed by atoms with van der Waals surface area (Å²) in [6.45, 7) is 2.76. The zero-order valence-corrected chi connectivity index (χ0v) is 23.1. The SMILES string of the molecule is CC(C)CN(CC(=O)Nc1cc(-c2ccccc2)nn1-c1ccccc1Cl)S(=O)(=O)c1cccc(C(F)(F)F)c1. The predicted octanol–water partition coefficient (Wildman–Crippen LogP) is 6.50. The largest absolute Gasteiger partial charge is 0.416 e. The summed E-state index contributed by atoms with van der Waals surface area (Å²) in [5.74, 6) is -0.686. The number of amides is 1. The molecular weight excluding hydrogens is 565 g/mol. The molecule has 0 saturated carbocycles. The molecule has 1 amide bonds. The van der Waals surface area contributed by atoms with Crippen molar-refractivity contribution < 1.29 is 26.4 Å². The number of carbonyl (C=O) groups is 1. The Kier molecular flexibility index (Phi) is 8.67. The van der Waals surface area contributed by atoms with Crippen LogP contribution in [0.1, 0.15) is 19.4 Å². The van der Waals surface area contributed by atoms with Crippen molar-refractivity contribution in [1.82, 2.24) is 14.1 Å². The zero-order chi connectivity index (χ0) is 29.1. The van der Waals surface area contributed by atoms with E-state index in [0.29, 0.717) is 22.5 Å². The van der Waals surface area contributed by atoms with E-state index in [1.165, 1.54) is 4.68 Å². The van der Waals surface area contributed by atoms with E-state index in [1.54, 1.807) is 44.2 Å². The highest BCUT2D eigenvalue weighted by Crippen LogP contribution is 2.32. The van der Waals surface area contributed by atoms with Crippen molar-refractivity contribution in [3.63, 3.8) is 0 Å². The van der Waals surface area contributed by atoms with Crippen molar-refractivity contribution in [2.24, 2.45) is 5.92 Å². The number of nitrogens with one attached hydrogen (secondary N) is 1. The first-order valence-corrected chi connectivity index (χ1v) is 14.1. The maximum atomic E-state index is 13.4. The van der Waals surface area contributed by atoms with Gasteiger partial charge in [0, 0.05) is 18.2 Å². The monoisotopic (exact) mass is 590 g/mol. The Morgan fingerprint density at radius 3 is 2.33 bits per heavy atom. The van der Waals surface area contributed by atoms with Crippen LogP contribution < -0.4 is 5.32 Å². The number of halogens is 4. The maximum absolute atomic E-state index is 13.4. The molecule has 0 aliphatic carbocycles. The van der Waals surface area contributed by atoms with Crippen LogP contribution in [0.2, 0.25) is 5.02 Å². The molecule has 1 N–H and O–H groups in total. The number of anilines is 1. The van der Waals surface area contributed by atoms with Crippen LogP contribution in [0.25, 0.3) is 16.9 Å². The lowest BCUT2D eigenvalue weighted by Gasteiger charge is -2.24. The number of hydrogen-bond donors (Lipinski definition) is 1. The minimum Gasteiger partial charge on any atom is -0.309 e. The molecular formula is C28H26ClF3N4O3S. The lowest BCUT2D eigenvalue weighted by atomic mass is 10.1. The van der Waals surface area contributed by atoms with Crippen LogP contribution in [0.5, 0.6) is 0 Å². The number of hydrogen-bond acceptors (Lipinski definition) is 4. The molecule has 1 aromatic heterocycles. The Hall–Kier alpha value is -3.67. The molecule has 0 aliphatic rings. The first-order chi connectivity index (χ1) is 18.9. The number of nitrogens with zero attached hydrogens (tertiary/aromatic N) is 3. The van der Waals surface area contributed by atoms with Crippen molar-refractivity contribution in [2.45, 2.75) is 24.9 Å². The van der Waals surface area contributed by atoms with Gasteiger partial charge in [0.2, 0.25) is 15.9 Å². The highest BCUT2D eigenvalue weighted by Gasteiger charge is 2.34. The molecule has 40 heavy (non-hydrogen) atoms. The minimum absolute atomic E-state index is 0.0922. The minimum atomic E-state index is -4.72. The molecule has 7 nitrogen and oxygen atoms in total. The zero-order valence-electron chi connectivity index (χ0n) is 21.6. The second-order valence-corrected chi connectivity index (χ2v) is 11.8. The number of benzene rings is 3. The lowest BCUT2D eigenvalue weighted by Crippen LogP contribution is -2.40. The first-order valence-electron chi connectivity index (χ1n) is 12.2. The van der Waals surface area contributed by atoms with Crippen LogP contribution in [0.15, 0.2) is 89.8 Å². The van der Waals surface area contributed by atoms with E-state index in [-0.39, 0.29) is 18.3 Å². The van der Waals surface area contributed by atoms with Crippen molar-refractivity contribution in [3.8, 4) is 16.9 Å². The summed E-state index contributed by atoms with van der Waals surface area (Å²) >= 11 is 6.40. The van der Waals surface area contributed by atoms with Gasteiger partial charge in [-0.05, 0) is 36.2 Å². The Morgan fingerprint density at radius 2 is 1.68 bits per heavy atom. The molecule has 0 radical (unpaired) electrons. The van der Waals surface area contributed by atoms with Gasteiger partial charge >= 0.3 is 6.18 Å². The smallest absolute Gasteiger partial charge is 0.309 e. The van der Waals surface area contributed by atoms with Gasteiger partial charge < -0.3 is 5.32 Å². The second kappa shape index (κ2) is 11.8. The molecule has 4 rings (SSSR count). The average Bonchev–Trinajstić information content (AvgIpc) is 3.31. The molecule has 0 fully saturated rings. The molecule has 0 spiro atoms. The summed E-state index contributed by atoms with van der Waals surface area (Å²) in [7, 11) is -4.44. The molecule has 4 aromatic rings. The van der Waals surface area contributed by atoms with Gasteiger partial charge in [-0.1, -0.05) is 74.0 Å². The summed E-state index contributed by atoms with van der Waals surface area (Å²) in [5, 5.41) is 7.68. The average molecular weight is 591 g/mol. The predicted molar refractivity (Wildman–Crippen MR) is 148 cm³/mol. The normalized spacial score (nSPS) is 12.2. The van der Waals surface area contributed by atoms with Crippen molar-refractivity contribution in [2.75, 3.05) is 18.4 Å². The van der Waals surface area contributed by atoms with Gasteiger partial charge in [0.1, 0.15) is 5.82 Å². The fourth-order valence-electron chi connectivity index (χ4n) is 4.01. The fraction of sp³-hybridized carbons (Fsp3) is 0.214. The van der Waals surface area contributed by atoms with Gasteiger partial charge in [0.25, 0.3) is 0 Å². The molecule has 210 valence electrons. The standard InChI is InChI=1S/C28H26ClF3N4O3S/c1-19(2)17-35(40(38,39)22-12-8-11-21(15-22)28(30,31)32)18-27(37)33-26-16-24(20-9-4-3-5-10-20)34-36(26)25-14-7-6-13-23(25)29/h3-16,19H,17-18H2,1-2H3,(H,33,37). The van der Waals surface area contributed by atoms with Gasteiger partial charge in [-0.2, -0.15) is 22.6 Å². The fourth-order valence-corrected chi connectivity index (χ4v) is 5.83. The van der Waals surface area contributed by atoms with Gasteiger partial charge in [-0.3, -0.25) is 4.79 Å². The molecule has 3 aromatic carbocycles. The van der Waals surface area contributed by atoms with Gasteiger partial charge in [0.05, 0.1) is 33.4 Å². The van der Waals surface area contributed by atoms with E-state index in [9.17, 15) is 26.4 Å². The quantitative estimate of drug-likeness (QED) is 0.241. The number of carbonyl (C=O) groups excluding carboxylic acids is 1.